The van der Waals surface area contributed by atoms with Crippen molar-refractivity contribution in [3.05, 3.63) is 35.4 Å². The van der Waals surface area contributed by atoms with Crippen molar-refractivity contribution in [2.24, 2.45) is 0 Å². The Morgan fingerprint density at radius 2 is 2.30 bits per heavy atom. The molecule has 1 N–H and O–H groups in total. The molecular weight excluding hydrogens is 260 g/mol. The Morgan fingerprint density at radius 1 is 1.65 bits per heavy atom. The van der Waals surface area contributed by atoms with E-state index in [2.05, 4.69) is 0 Å². The van der Waals surface area contributed by atoms with Crippen LogP contribution >= 0.6 is 0 Å². The van der Waals surface area contributed by atoms with Gasteiger partial charge in [-0.15, -0.1) is 6.42 Å². The highest BCUT2D eigenvalue weighted by molar-refractivity contribution is 5.90. The Balaban J connectivity index is 2.32. The lowest BCUT2D eigenvalue weighted by atomic mass is 9.99. The zero-order valence-corrected chi connectivity index (χ0v) is 10.8. The molecule has 104 valence electrons. The van der Waals surface area contributed by atoms with E-state index in [1.807, 2.05) is 12.8 Å². The van der Waals surface area contributed by atoms with Crippen molar-refractivity contribution >= 4 is 11.9 Å². The van der Waals surface area contributed by atoms with Crippen LogP contribution in [-0.4, -0.2) is 35.4 Å². The first-order valence-electron chi connectivity index (χ1n) is 6.86. The van der Waals surface area contributed by atoms with E-state index in [9.17, 15) is 14.7 Å². The molecule has 5 heteroatoms. The highest BCUT2D eigenvalue weighted by Crippen LogP contribution is 2.29. The number of aliphatic hydroxyl groups is 1. The van der Waals surface area contributed by atoms with Gasteiger partial charge in [0.15, 0.2) is 6.10 Å². The molecule has 1 aromatic carbocycles. The number of ether oxygens (including phenoxy) is 2. The summed E-state index contributed by atoms with van der Waals surface area (Å²) in [5.41, 5.74) is -0.926. The summed E-state index contributed by atoms with van der Waals surface area (Å²) in [4.78, 5) is 23.7. The topological polar surface area (TPSA) is 72.8 Å². The number of terminal acetylenes is 1. The van der Waals surface area contributed by atoms with Crippen LogP contribution in [0, 0.1) is 19.3 Å². The molecule has 0 spiro atoms. The molecule has 2 rings (SSSR count). The van der Waals surface area contributed by atoms with Gasteiger partial charge in [-0.2, -0.15) is 0 Å². The van der Waals surface area contributed by atoms with Crippen molar-refractivity contribution in [2.45, 2.75) is 25.0 Å². The van der Waals surface area contributed by atoms with E-state index in [-0.39, 0.29) is 5.56 Å². The van der Waals surface area contributed by atoms with Crippen molar-refractivity contribution in [3.8, 4) is 12.3 Å². The molecule has 1 aliphatic heterocycles. The predicted molar refractivity (Wildman–Crippen MR) is 69.7 cm³/mol. The summed E-state index contributed by atoms with van der Waals surface area (Å²) in [5.74, 6) is -0.119. The standard InChI is InChI=1S/C15H14O5/c1-3-15(9-16)12(8-13(17)20-15)19-14(18)11-6-4-10(2)5-7-11/h1,4-7,12,16H,8-9H2,2H3/t12-,15+/m0/s1/i8D2. The maximum absolute atomic E-state index is 12.1. The molecule has 0 unspecified atom stereocenters. The molecule has 0 aromatic heterocycles. The molecule has 1 aliphatic rings. The molecule has 1 aromatic rings. The zero-order chi connectivity index (χ0) is 16.5. The smallest absolute Gasteiger partial charge is 0.338 e. The maximum Gasteiger partial charge on any atom is 0.338 e. The van der Waals surface area contributed by atoms with E-state index < -0.39 is 36.6 Å². The van der Waals surface area contributed by atoms with Crippen molar-refractivity contribution in [1.82, 2.24) is 0 Å². The fraction of sp³-hybridized carbons (Fsp3) is 0.333. The third kappa shape index (κ3) is 2.51. The summed E-state index contributed by atoms with van der Waals surface area (Å²) in [7, 11) is 0. The summed E-state index contributed by atoms with van der Waals surface area (Å²) in [6, 6.07) is 6.37. The lowest BCUT2D eigenvalue weighted by Crippen LogP contribution is -2.44. The first kappa shape index (κ1) is 11.5. The molecule has 1 fully saturated rings. The second-order valence-corrected chi connectivity index (χ2v) is 4.38. The molecule has 0 saturated carbocycles. The first-order valence-corrected chi connectivity index (χ1v) is 5.86. The van der Waals surface area contributed by atoms with Gasteiger partial charge in [0.1, 0.15) is 0 Å². The van der Waals surface area contributed by atoms with E-state index in [4.69, 9.17) is 18.6 Å². The quantitative estimate of drug-likeness (QED) is 0.654. The van der Waals surface area contributed by atoms with Gasteiger partial charge in [-0.1, -0.05) is 23.6 Å². The van der Waals surface area contributed by atoms with Gasteiger partial charge in [0.25, 0.3) is 0 Å². The van der Waals surface area contributed by atoms with E-state index >= 15 is 0 Å². The van der Waals surface area contributed by atoms with Crippen molar-refractivity contribution < 1.29 is 26.9 Å². The number of aliphatic hydroxyl groups excluding tert-OH is 1. The number of carbonyl (C=O) groups excluding carboxylic acids is 2. The van der Waals surface area contributed by atoms with E-state index in [0.29, 0.717) is 0 Å². The van der Waals surface area contributed by atoms with Crippen molar-refractivity contribution in [1.29, 1.82) is 0 Å². The monoisotopic (exact) mass is 276 g/mol. The zero-order valence-electron chi connectivity index (χ0n) is 12.8. The van der Waals surface area contributed by atoms with E-state index in [1.54, 1.807) is 12.1 Å². The van der Waals surface area contributed by atoms with Crippen molar-refractivity contribution in [3.63, 3.8) is 0 Å². The fourth-order valence-electron chi connectivity index (χ4n) is 1.73. The summed E-state index contributed by atoms with van der Waals surface area (Å²) >= 11 is 0. The molecule has 5 nitrogen and oxygen atoms in total. The third-order valence-electron chi connectivity index (χ3n) is 2.94. The first-order chi connectivity index (χ1) is 10.3. The number of carbonyl (C=O) groups is 2. The Labute approximate surface area is 119 Å². The van der Waals surface area contributed by atoms with Gasteiger partial charge in [0.2, 0.25) is 5.60 Å². The normalized spacial score (nSPS) is 28.9. The number of benzene rings is 1. The van der Waals surface area contributed by atoms with Gasteiger partial charge in [-0.25, -0.2) is 4.79 Å². The van der Waals surface area contributed by atoms with E-state index in [1.165, 1.54) is 12.1 Å². The number of esters is 2. The van der Waals surface area contributed by atoms with Crippen LogP contribution < -0.4 is 0 Å². The lowest BCUT2D eigenvalue weighted by Gasteiger charge is -2.25. The van der Waals surface area contributed by atoms with Gasteiger partial charge < -0.3 is 14.6 Å². The number of hydrogen-bond acceptors (Lipinski definition) is 5. The average molecular weight is 276 g/mol. The van der Waals surface area contributed by atoms with Crippen LogP contribution in [0.2, 0.25) is 0 Å². The SMILES string of the molecule is [2H]C1([2H])C(=O)O[C@](C#C)(CO)[C@H]1OC(=O)c1ccc(C)cc1. The summed E-state index contributed by atoms with van der Waals surface area (Å²) < 4.78 is 25.2. The number of hydrogen-bond donors (Lipinski definition) is 1. The molecule has 0 bridgehead atoms. The van der Waals surface area contributed by atoms with Crippen LogP contribution in [0.4, 0.5) is 0 Å². The average Bonchev–Trinajstić information content (AvgIpc) is 2.68. The number of cyclic esters (lactones) is 1. The third-order valence-corrected chi connectivity index (χ3v) is 2.94. The van der Waals surface area contributed by atoms with Crippen LogP contribution in [-0.2, 0) is 14.3 Å². The predicted octanol–water partition coefficient (Wildman–Crippen LogP) is 0.832. The van der Waals surface area contributed by atoms with Crippen LogP contribution in [0.1, 0.15) is 25.0 Å². The number of rotatable bonds is 3. The largest absolute Gasteiger partial charge is 0.453 e. The van der Waals surface area contributed by atoms with Gasteiger partial charge in [-0.05, 0) is 19.1 Å². The van der Waals surface area contributed by atoms with Gasteiger partial charge >= 0.3 is 11.9 Å². The highest BCUT2D eigenvalue weighted by Gasteiger charge is 2.50. The Kier molecular flexibility index (Phi) is 3.08. The van der Waals surface area contributed by atoms with Gasteiger partial charge in [0.05, 0.1) is 18.5 Å². The Hall–Kier alpha value is -2.32. The Bertz CT molecular complexity index is 647. The van der Waals surface area contributed by atoms with Gasteiger partial charge in [0, 0.05) is 2.74 Å². The van der Waals surface area contributed by atoms with Crippen LogP contribution in [0.5, 0.6) is 0 Å². The minimum Gasteiger partial charge on any atom is -0.453 e. The molecule has 0 aliphatic carbocycles. The number of aryl methyl sites for hydroxylation is 1. The fourth-order valence-corrected chi connectivity index (χ4v) is 1.73. The molecule has 20 heavy (non-hydrogen) atoms. The minimum absolute atomic E-state index is 0.171. The minimum atomic E-state index is -2.64. The molecular formula is C15H14O5. The summed E-state index contributed by atoms with van der Waals surface area (Å²) in [5, 5.41) is 9.38. The lowest BCUT2D eigenvalue weighted by molar-refractivity contribution is -0.148. The second kappa shape index (κ2) is 5.35. The second-order valence-electron chi connectivity index (χ2n) is 4.38. The molecule has 1 heterocycles. The van der Waals surface area contributed by atoms with Crippen molar-refractivity contribution in [2.75, 3.05) is 6.61 Å². The van der Waals surface area contributed by atoms with E-state index in [0.717, 1.165) is 5.56 Å². The van der Waals surface area contributed by atoms with Crippen LogP contribution in [0.15, 0.2) is 24.3 Å². The highest BCUT2D eigenvalue weighted by atomic mass is 16.6. The molecule has 2 atom stereocenters. The van der Waals surface area contributed by atoms with Crippen LogP contribution in [0.3, 0.4) is 0 Å². The van der Waals surface area contributed by atoms with Crippen LogP contribution in [0.25, 0.3) is 0 Å². The maximum atomic E-state index is 12.1. The Morgan fingerprint density at radius 3 is 2.85 bits per heavy atom. The summed E-state index contributed by atoms with van der Waals surface area (Å²) in [6.45, 7) is 0.979. The molecule has 0 radical (unpaired) electrons. The van der Waals surface area contributed by atoms with Gasteiger partial charge in [-0.3, -0.25) is 4.79 Å². The summed E-state index contributed by atoms with van der Waals surface area (Å²) in [6.07, 6.45) is 0.859. The molecule has 1 saturated heterocycles. The molecule has 0 amide bonds.